The highest BCUT2D eigenvalue weighted by atomic mass is 16.2. The van der Waals surface area contributed by atoms with Gasteiger partial charge in [-0.25, -0.2) is 0 Å². The average Bonchev–Trinajstić information content (AvgIpc) is 2.99. The number of hydrogen-bond donors (Lipinski definition) is 1. The van der Waals surface area contributed by atoms with Crippen molar-refractivity contribution in [1.82, 2.24) is 10.2 Å². The Bertz CT molecular complexity index is 1010. The Morgan fingerprint density at radius 3 is 2.25 bits per heavy atom. The average molecular weight is 367 g/mol. The SMILES string of the molecule is N#CCCNC1(c2ccccc2)c2ccccc2C(=O)N1Cc1ccccc1. The Kier molecular flexibility index (Phi) is 4.92. The molecule has 0 aromatic heterocycles. The second-order valence-corrected chi connectivity index (χ2v) is 6.83. The van der Waals surface area contributed by atoms with Crippen molar-refractivity contribution >= 4 is 5.91 Å². The van der Waals surface area contributed by atoms with E-state index in [9.17, 15) is 4.79 Å². The molecule has 3 aromatic carbocycles. The molecular weight excluding hydrogens is 346 g/mol. The van der Waals surface area contributed by atoms with E-state index >= 15 is 0 Å². The van der Waals surface area contributed by atoms with E-state index in [0.29, 0.717) is 25.1 Å². The van der Waals surface area contributed by atoms with E-state index in [4.69, 9.17) is 5.26 Å². The molecule has 28 heavy (non-hydrogen) atoms. The molecular formula is C24H21N3O. The van der Waals surface area contributed by atoms with Crippen LogP contribution in [-0.4, -0.2) is 17.4 Å². The van der Waals surface area contributed by atoms with Crippen molar-refractivity contribution in [3.63, 3.8) is 0 Å². The topological polar surface area (TPSA) is 56.1 Å². The van der Waals surface area contributed by atoms with Crippen molar-refractivity contribution in [2.45, 2.75) is 18.6 Å². The summed E-state index contributed by atoms with van der Waals surface area (Å²) in [5.74, 6) is -0.00670. The highest BCUT2D eigenvalue weighted by molar-refractivity contribution is 6.00. The van der Waals surface area contributed by atoms with Gasteiger partial charge in [-0.3, -0.25) is 10.1 Å². The Labute approximate surface area is 165 Å². The number of fused-ring (bicyclic) bond motifs is 1. The molecule has 0 spiro atoms. The third kappa shape index (κ3) is 2.96. The fourth-order valence-corrected chi connectivity index (χ4v) is 3.97. The van der Waals surface area contributed by atoms with Gasteiger partial charge in [-0.1, -0.05) is 78.9 Å². The smallest absolute Gasteiger partial charge is 0.256 e. The Morgan fingerprint density at radius 2 is 1.54 bits per heavy atom. The number of benzene rings is 3. The summed E-state index contributed by atoms with van der Waals surface area (Å²) in [6.07, 6.45) is 0.365. The van der Waals surface area contributed by atoms with Gasteiger partial charge >= 0.3 is 0 Å². The van der Waals surface area contributed by atoms with E-state index < -0.39 is 5.66 Å². The minimum Gasteiger partial charge on any atom is -0.308 e. The number of nitriles is 1. The maximum Gasteiger partial charge on any atom is 0.256 e. The van der Waals surface area contributed by atoms with Crippen molar-refractivity contribution in [3.05, 3.63) is 107 Å². The maximum absolute atomic E-state index is 13.4. The molecule has 4 heteroatoms. The van der Waals surface area contributed by atoms with Crippen molar-refractivity contribution in [2.75, 3.05) is 6.54 Å². The lowest BCUT2D eigenvalue weighted by molar-refractivity contribution is 0.0527. The minimum atomic E-state index is -0.804. The van der Waals surface area contributed by atoms with Gasteiger partial charge in [0.05, 0.1) is 6.07 Å². The molecule has 0 radical (unpaired) electrons. The van der Waals surface area contributed by atoms with Gasteiger partial charge in [0.15, 0.2) is 0 Å². The van der Waals surface area contributed by atoms with Crippen LogP contribution in [0.1, 0.15) is 33.5 Å². The van der Waals surface area contributed by atoms with E-state index in [1.807, 2.05) is 89.8 Å². The lowest BCUT2D eigenvalue weighted by Crippen LogP contribution is -2.54. The maximum atomic E-state index is 13.4. The van der Waals surface area contributed by atoms with Crippen molar-refractivity contribution in [1.29, 1.82) is 5.26 Å². The molecule has 138 valence electrons. The number of carbonyl (C=O) groups excluding carboxylic acids is 1. The van der Waals surface area contributed by atoms with Gasteiger partial charge in [0, 0.05) is 30.6 Å². The highest BCUT2D eigenvalue weighted by Crippen LogP contribution is 2.43. The van der Waals surface area contributed by atoms with E-state index in [-0.39, 0.29) is 5.91 Å². The summed E-state index contributed by atoms with van der Waals surface area (Å²) in [5.41, 5.74) is 2.88. The second kappa shape index (κ2) is 7.67. The zero-order valence-electron chi connectivity index (χ0n) is 15.5. The van der Waals surface area contributed by atoms with Crippen molar-refractivity contribution in [2.24, 2.45) is 0 Å². The number of carbonyl (C=O) groups is 1. The van der Waals surface area contributed by atoms with Crippen LogP contribution >= 0.6 is 0 Å². The molecule has 4 rings (SSSR count). The summed E-state index contributed by atoms with van der Waals surface area (Å²) >= 11 is 0. The molecule has 0 bridgehead atoms. The Hall–Kier alpha value is -3.42. The van der Waals surface area contributed by atoms with E-state index in [1.54, 1.807) is 0 Å². The molecule has 0 fully saturated rings. The van der Waals surface area contributed by atoms with Gasteiger partial charge in [0.1, 0.15) is 5.66 Å². The van der Waals surface area contributed by atoms with Gasteiger partial charge < -0.3 is 4.90 Å². The first kappa shape index (κ1) is 18.0. The van der Waals surface area contributed by atoms with E-state index in [1.165, 1.54) is 0 Å². The molecule has 0 saturated carbocycles. The van der Waals surface area contributed by atoms with Gasteiger partial charge in [0.25, 0.3) is 5.91 Å². The Morgan fingerprint density at radius 1 is 0.893 bits per heavy atom. The summed E-state index contributed by atoms with van der Waals surface area (Å²) < 4.78 is 0. The first-order chi connectivity index (χ1) is 13.8. The summed E-state index contributed by atoms with van der Waals surface area (Å²) in [7, 11) is 0. The lowest BCUT2D eigenvalue weighted by Gasteiger charge is -2.40. The summed E-state index contributed by atoms with van der Waals surface area (Å²) in [4.78, 5) is 15.3. The lowest BCUT2D eigenvalue weighted by atomic mass is 9.90. The van der Waals surface area contributed by atoms with Gasteiger partial charge in [-0.2, -0.15) is 5.26 Å². The third-order valence-corrected chi connectivity index (χ3v) is 5.19. The molecule has 0 saturated heterocycles. The van der Waals surface area contributed by atoms with Crippen LogP contribution in [0, 0.1) is 11.3 Å². The van der Waals surface area contributed by atoms with Crippen molar-refractivity contribution in [3.8, 4) is 6.07 Å². The Balaban J connectivity index is 1.89. The summed E-state index contributed by atoms with van der Waals surface area (Å²) in [6, 6.07) is 29.9. The third-order valence-electron chi connectivity index (χ3n) is 5.19. The van der Waals surface area contributed by atoms with Crippen LogP contribution in [0.5, 0.6) is 0 Å². The van der Waals surface area contributed by atoms with Gasteiger partial charge in [0.2, 0.25) is 0 Å². The van der Waals surface area contributed by atoms with Crippen LogP contribution in [0.15, 0.2) is 84.9 Å². The predicted molar refractivity (Wildman–Crippen MR) is 108 cm³/mol. The van der Waals surface area contributed by atoms with Crippen LogP contribution in [-0.2, 0) is 12.2 Å². The predicted octanol–water partition coefficient (Wildman–Crippen LogP) is 4.05. The molecule has 1 aliphatic rings. The molecule has 1 unspecified atom stereocenters. The van der Waals surface area contributed by atoms with Gasteiger partial charge in [-0.15, -0.1) is 0 Å². The summed E-state index contributed by atoms with van der Waals surface area (Å²) in [6.45, 7) is 0.959. The standard InChI is InChI=1S/C24H21N3O/c25-16-9-17-26-24(20-12-5-2-6-13-20)22-15-8-7-14-21(22)23(28)27(24)18-19-10-3-1-4-11-19/h1-8,10-15,26H,9,17-18H2. The highest BCUT2D eigenvalue weighted by Gasteiger charge is 2.50. The van der Waals surface area contributed by atoms with Crippen LogP contribution < -0.4 is 5.32 Å². The number of nitrogens with one attached hydrogen (secondary N) is 1. The first-order valence-electron chi connectivity index (χ1n) is 9.40. The number of hydrogen-bond acceptors (Lipinski definition) is 3. The fourth-order valence-electron chi connectivity index (χ4n) is 3.97. The van der Waals surface area contributed by atoms with Crippen molar-refractivity contribution < 1.29 is 4.79 Å². The molecule has 0 aliphatic carbocycles. The fraction of sp³-hybridized carbons (Fsp3) is 0.167. The zero-order valence-corrected chi connectivity index (χ0v) is 15.5. The molecule has 1 heterocycles. The van der Waals surface area contributed by atoms with Gasteiger partial charge in [-0.05, 0) is 17.2 Å². The largest absolute Gasteiger partial charge is 0.308 e. The van der Waals surface area contributed by atoms with Crippen LogP contribution in [0.3, 0.4) is 0 Å². The normalized spacial score (nSPS) is 18.0. The minimum absolute atomic E-state index is 0.00670. The quantitative estimate of drug-likeness (QED) is 0.669. The van der Waals surface area contributed by atoms with Crippen LogP contribution in [0.25, 0.3) is 0 Å². The van der Waals surface area contributed by atoms with E-state index in [2.05, 4.69) is 11.4 Å². The second-order valence-electron chi connectivity index (χ2n) is 6.83. The van der Waals surface area contributed by atoms with Crippen LogP contribution in [0.2, 0.25) is 0 Å². The number of rotatable bonds is 6. The molecule has 1 amide bonds. The molecule has 1 N–H and O–H groups in total. The monoisotopic (exact) mass is 367 g/mol. The zero-order chi connectivity index (χ0) is 19.4. The molecule has 1 atom stereocenters. The molecule has 4 nitrogen and oxygen atoms in total. The van der Waals surface area contributed by atoms with E-state index in [0.717, 1.165) is 16.7 Å². The number of amides is 1. The number of nitrogens with zero attached hydrogens (tertiary/aromatic N) is 2. The van der Waals surface area contributed by atoms with Crippen LogP contribution in [0.4, 0.5) is 0 Å². The summed E-state index contributed by atoms with van der Waals surface area (Å²) in [5, 5.41) is 12.6. The molecule has 3 aromatic rings. The first-order valence-corrected chi connectivity index (χ1v) is 9.40. The molecule has 1 aliphatic heterocycles.